The van der Waals surface area contributed by atoms with Crippen LogP contribution in [0.25, 0.3) is 0 Å². The summed E-state index contributed by atoms with van der Waals surface area (Å²) in [7, 11) is 0. The maximum atomic E-state index is 13.9. The second-order valence-electron chi connectivity index (χ2n) is 4.99. The van der Waals surface area contributed by atoms with Gasteiger partial charge in [0.25, 0.3) is 0 Å². The highest BCUT2D eigenvalue weighted by atomic mass is 19.1. The standard InChI is InChI=1S/C16H16F3NO/c1-10(20)6-12-7-14(18)16(15(19)8-12)21-9-11-2-4-13(17)5-3-11/h2-5,7-8,10H,6,9,20H2,1H3. The minimum absolute atomic E-state index is 0.0409. The van der Waals surface area contributed by atoms with Gasteiger partial charge in [-0.2, -0.15) is 0 Å². The zero-order valence-corrected chi connectivity index (χ0v) is 11.6. The van der Waals surface area contributed by atoms with E-state index in [9.17, 15) is 13.2 Å². The minimum Gasteiger partial charge on any atom is -0.483 e. The summed E-state index contributed by atoms with van der Waals surface area (Å²) < 4.78 is 45.6. The SMILES string of the molecule is CC(N)Cc1cc(F)c(OCc2ccc(F)cc2)c(F)c1. The monoisotopic (exact) mass is 295 g/mol. The van der Waals surface area contributed by atoms with E-state index >= 15 is 0 Å². The molecule has 1 unspecified atom stereocenters. The van der Waals surface area contributed by atoms with Crippen LogP contribution >= 0.6 is 0 Å². The van der Waals surface area contributed by atoms with E-state index in [1.165, 1.54) is 36.4 Å². The van der Waals surface area contributed by atoms with Crippen molar-refractivity contribution in [1.29, 1.82) is 0 Å². The Kier molecular flexibility index (Phi) is 4.85. The minimum atomic E-state index is -0.771. The van der Waals surface area contributed by atoms with Gasteiger partial charge in [-0.05, 0) is 48.7 Å². The Morgan fingerprint density at radius 2 is 1.57 bits per heavy atom. The first-order valence-electron chi connectivity index (χ1n) is 6.56. The number of benzene rings is 2. The molecule has 0 amide bonds. The van der Waals surface area contributed by atoms with Gasteiger partial charge in [-0.3, -0.25) is 0 Å². The van der Waals surface area contributed by atoms with Gasteiger partial charge in [0.2, 0.25) is 0 Å². The van der Waals surface area contributed by atoms with Crippen LogP contribution in [0, 0.1) is 17.5 Å². The molecule has 2 aromatic carbocycles. The highest BCUT2D eigenvalue weighted by Crippen LogP contribution is 2.25. The van der Waals surface area contributed by atoms with Gasteiger partial charge in [-0.1, -0.05) is 12.1 Å². The molecule has 0 bridgehead atoms. The van der Waals surface area contributed by atoms with Crippen LogP contribution in [-0.4, -0.2) is 6.04 Å². The van der Waals surface area contributed by atoms with E-state index in [-0.39, 0.29) is 18.5 Å². The van der Waals surface area contributed by atoms with Crippen LogP contribution in [0.15, 0.2) is 36.4 Å². The van der Waals surface area contributed by atoms with Gasteiger partial charge < -0.3 is 10.5 Å². The third-order valence-corrected chi connectivity index (χ3v) is 2.91. The molecule has 0 saturated carbocycles. The zero-order valence-electron chi connectivity index (χ0n) is 11.6. The van der Waals surface area contributed by atoms with Gasteiger partial charge in [0.05, 0.1) is 0 Å². The second-order valence-corrected chi connectivity index (χ2v) is 4.99. The van der Waals surface area contributed by atoms with Crippen LogP contribution in [0.5, 0.6) is 5.75 Å². The van der Waals surface area contributed by atoms with Crippen LogP contribution < -0.4 is 10.5 Å². The summed E-state index contributed by atoms with van der Waals surface area (Å²) in [5.41, 5.74) is 6.70. The van der Waals surface area contributed by atoms with Crippen LogP contribution in [0.4, 0.5) is 13.2 Å². The molecular formula is C16H16F3NO. The largest absolute Gasteiger partial charge is 0.483 e. The Hall–Kier alpha value is -2.01. The van der Waals surface area contributed by atoms with Gasteiger partial charge in [0.1, 0.15) is 12.4 Å². The van der Waals surface area contributed by atoms with Crippen LogP contribution in [0.3, 0.4) is 0 Å². The fourth-order valence-electron chi connectivity index (χ4n) is 1.98. The fraction of sp³-hybridized carbons (Fsp3) is 0.250. The summed E-state index contributed by atoms with van der Waals surface area (Å²) in [5.74, 6) is -2.36. The lowest BCUT2D eigenvalue weighted by Crippen LogP contribution is -2.18. The number of rotatable bonds is 5. The smallest absolute Gasteiger partial charge is 0.191 e. The Morgan fingerprint density at radius 1 is 1.00 bits per heavy atom. The van der Waals surface area contributed by atoms with E-state index in [2.05, 4.69) is 0 Å². The summed E-state index contributed by atoms with van der Waals surface area (Å²) in [5, 5.41) is 0. The molecule has 21 heavy (non-hydrogen) atoms. The molecule has 0 saturated heterocycles. The van der Waals surface area contributed by atoms with E-state index in [0.717, 1.165) is 0 Å². The molecule has 2 nitrogen and oxygen atoms in total. The first-order chi connectivity index (χ1) is 9.95. The van der Waals surface area contributed by atoms with Crippen molar-refractivity contribution in [3.63, 3.8) is 0 Å². The summed E-state index contributed by atoms with van der Waals surface area (Å²) in [6.45, 7) is 1.72. The Morgan fingerprint density at radius 3 is 2.10 bits per heavy atom. The summed E-state index contributed by atoms with van der Waals surface area (Å²) in [4.78, 5) is 0. The zero-order chi connectivity index (χ0) is 15.4. The lowest BCUT2D eigenvalue weighted by Gasteiger charge is -2.11. The van der Waals surface area contributed by atoms with Gasteiger partial charge >= 0.3 is 0 Å². The lowest BCUT2D eigenvalue weighted by atomic mass is 10.1. The highest BCUT2D eigenvalue weighted by Gasteiger charge is 2.13. The summed E-state index contributed by atoms with van der Waals surface area (Å²) in [6, 6.07) is 7.76. The third-order valence-electron chi connectivity index (χ3n) is 2.91. The van der Waals surface area contributed by atoms with Crippen molar-refractivity contribution < 1.29 is 17.9 Å². The van der Waals surface area contributed by atoms with Crippen molar-refractivity contribution in [2.45, 2.75) is 26.0 Å². The van der Waals surface area contributed by atoms with Crippen molar-refractivity contribution in [1.82, 2.24) is 0 Å². The number of ether oxygens (including phenoxy) is 1. The molecule has 0 aromatic heterocycles. The predicted molar refractivity (Wildman–Crippen MR) is 74.4 cm³/mol. The van der Waals surface area contributed by atoms with Crippen LogP contribution in [0.1, 0.15) is 18.1 Å². The van der Waals surface area contributed by atoms with Crippen molar-refractivity contribution in [2.75, 3.05) is 0 Å². The molecule has 1 atom stereocenters. The molecular weight excluding hydrogens is 279 g/mol. The molecule has 0 aliphatic rings. The summed E-state index contributed by atoms with van der Waals surface area (Å²) in [6.07, 6.45) is 0.381. The van der Waals surface area contributed by atoms with Crippen LogP contribution in [-0.2, 0) is 13.0 Å². The topological polar surface area (TPSA) is 35.2 Å². The quantitative estimate of drug-likeness (QED) is 0.915. The van der Waals surface area contributed by atoms with E-state index < -0.39 is 17.4 Å². The van der Waals surface area contributed by atoms with Crippen molar-refractivity contribution in [2.24, 2.45) is 5.73 Å². The normalized spacial score (nSPS) is 12.2. The van der Waals surface area contributed by atoms with Crippen molar-refractivity contribution in [3.05, 3.63) is 65.0 Å². The lowest BCUT2D eigenvalue weighted by molar-refractivity contribution is 0.273. The van der Waals surface area contributed by atoms with E-state index in [1.54, 1.807) is 6.92 Å². The van der Waals surface area contributed by atoms with E-state index in [4.69, 9.17) is 10.5 Å². The molecule has 0 radical (unpaired) electrons. The number of halogens is 3. The van der Waals surface area contributed by atoms with Crippen LogP contribution in [0.2, 0.25) is 0 Å². The molecule has 2 aromatic rings. The Labute approximate surface area is 121 Å². The molecule has 0 fully saturated rings. The second kappa shape index (κ2) is 6.63. The van der Waals surface area contributed by atoms with Gasteiger partial charge in [-0.15, -0.1) is 0 Å². The van der Waals surface area contributed by atoms with E-state index in [0.29, 0.717) is 17.5 Å². The third kappa shape index (κ3) is 4.23. The first kappa shape index (κ1) is 15.4. The fourth-order valence-corrected chi connectivity index (χ4v) is 1.98. The van der Waals surface area contributed by atoms with Crippen molar-refractivity contribution in [3.8, 4) is 5.75 Å². The maximum absolute atomic E-state index is 13.9. The maximum Gasteiger partial charge on any atom is 0.191 e. The Bertz CT molecular complexity index is 588. The summed E-state index contributed by atoms with van der Waals surface area (Å²) >= 11 is 0. The number of hydrogen-bond donors (Lipinski definition) is 1. The molecule has 112 valence electrons. The first-order valence-corrected chi connectivity index (χ1v) is 6.56. The molecule has 0 aliphatic carbocycles. The molecule has 2 rings (SSSR count). The molecule has 5 heteroatoms. The average molecular weight is 295 g/mol. The number of nitrogens with two attached hydrogens (primary N) is 1. The highest BCUT2D eigenvalue weighted by molar-refractivity contribution is 5.32. The molecule has 0 aliphatic heterocycles. The molecule has 2 N–H and O–H groups in total. The van der Waals surface area contributed by atoms with Gasteiger partial charge in [0.15, 0.2) is 17.4 Å². The molecule has 0 heterocycles. The number of hydrogen-bond acceptors (Lipinski definition) is 2. The predicted octanol–water partition coefficient (Wildman–Crippen LogP) is 3.57. The van der Waals surface area contributed by atoms with E-state index in [1.807, 2.05) is 0 Å². The Balaban J connectivity index is 2.11. The van der Waals surface area contributed by atoms with Crippen molar-refractivity contribution >= 4 is 0 Å². The van der Waals surface area contributed by atoms with Gasteiger partial charge in [0, 0.05) is 6.04 Å². The average Bonchev–Trinajstić information content (AvgIpc) is 2.39. The molecule has 0 spiro atoms. The van der Waals surface area contributed by atoms with Gasteiger partial charge in [-0.25, -0.2) is 13.2 Å².